The van der Waals surface area contributed by atoms with Crippen LogP contribution < -0.4 is 14.2 Å². The van der Waals surface area contributed by atoms with Crippen LogP contribution in [0.2, 0.25) is 0 Å². The Kier molecular flexibility index (Phi) is 6.73. The van der Waals surface area contributed by atoms with Crippen molar-refractivity contribution in [2.75, 3.05) is 6.54 Å². The van der Waals surface area contributed by atoms with E-state index in [0.29, 0.717) is 23.5 Å². The predicted octanol–water partition coefficient (Wildman–Crippen LogP) is 4.23. The monoisotopic (exact) mass is 488 g/mol. The highest BCUT2D eigenvalue weighted by Gasteiger charge is 2.37. The molecule has 1 heterocycles. The molecule has 33 heavy (non-hydrogen) atoms. The minimum absolute atomic E-state index is 0.0245. The van der Waals surface area contributed by atoms with Gasteiger partial charge in [-0.1, -0.05) is 42.5 Å². The van der Waals surface area contributed by atoms with Gasteiger partial charge >= 0.3 is 0 Å². The van der Waals surface area contributed by atoms with E-state index in [0.717, 1.165) is 5.56 Å². The Balaban J connectivity index is 1.32. The van der Waals surface area contributed by atoms with Gasteiger partial charge in [-0.15, -0.1) is 10.8 Å². The van der Waals surface area contributed by atoms with E-state index in [-0.39, 0.29) is 17.9 Å². The number of hydrogen-bond acceptors (Lipinski definition) is 6. The van der Waals surface area contributed by atoms with Crippen molar-refractivity contribution in [2.24, 2.45) is 0 Å². The number of amides is 1. The molecular formula is C23H24N2O6S2. The number of carbonyl (C=O) groups excluding carboxylic acids is 1. The summed E-state index contributed by atoms with van der Waals surface area (Å²) >= 11 is 0. The third-order valence-electron chi connectivity index (χ3n) is 5.20. The molecule has 1 aliphatic rings. The van der Waals surface area contributed by atoms with Crippen molar-refractivity contribution in [1.82, 2.24) is 9.44 Å². The molecule has 4 N–H and O–H groups in total. The first-order chi connectivity index (χ1) is 15.7. The Morgan fingerprint density at radius 2 is 1.58 bits per heavy atom. The first-order valence-electron chi connectivity index (χ1n) is 10.2. The summed E-state index contributed by atoms with van der Waals surface area (Å²) in [6.07, 6.45) is 0.476. The maximum absolute atomic E-state index is 12.6. The number of para-hydroxylation sites is 1. The number of benzene rings is 3. The molecule has 3 aromatic rings. The molecule has 0 spiro atoms. The van der Waals surface area contributed by atoms with Crippen LogP contribution in [0.15, 0.2) is 83.8 Å². The van der Waals surface area contributed by atoms with Crippen molar-refractivity contribution < 1.29 is 27.1 Å². The van der Waals surface area contributed by atoms with Gasteiger partial charge in [0.25, 0.3) is 0 Å². The van der Waals surface area contributed by atoms with E-state index in [4.69, 9.17) is 4.74 Å². The predicted molar refractivity (Wildman–Crippen MR) is 127 cm³/mol. The fraction of sp³-hybridized carbons (Fsp3) is 0.174. The summed E-state index contributed by atoms with van der Waals surface area (Å²) in [7, 11) is -6.87. The highest BCUT2D eigenvalue weighted by atomic mass is 32.3. The van der Waals surface area contributed by atoms with Crippen molar-refractivity contribution in [3.05, 3.63) is 90.0 Å². The highest BCUT2D eigenvalue weighted by Crippen LogP contribution is 2.56. The van der Waals surface area contributed by atoms with Gasteiger partial charge in [0.2, 0.25) is 15.9 Å². The summed E-state index contributed by atoms with van der Waals surface area (Å²) in [5.74, 6) is 0.812. The van der Waals surface area contributed by atoms with Gasteiger partial charge < -0.3 is 4.74 Å². The molecule has 1 amide bonds. The molecule has 0 radical (unpaired) electrons. The van der Waals surface area contributed by atoms with E-state index in [1.807, 2.05) is 30.3 Å². The lowest BCUT2D eigenvalue weighted by Crippen LogP contribution is -2.26. The Morgan fingerprint density at radius 3 is 2.18 bits per heavy atom. The van der Waals surface area contributed by atoms with Gasteiger partial charge in [0.05, 0.1) is 11.3 Å². The van der Waals surface area contributed by atoms with Crippen LogP contribution in [-0.4, -0.2) is 30.0 Å². The van der Waals surface area contributed by atoms with E-state index in [1.165, 1.54) is 12.1 Å². The van der Waals surface area contributed by atoms with Gasteiger partial charge in [-0.05, 0) is 53.9 Å². The molecule has 0 saturated carbocycles. The molecule has 1 aliphatic heterocycles. The summed E-state index contributed by atoms with van der Waals surface area (Å²) in [4.78, 5) is 11.6. The first kappa shape index (κ1) is 23.3. The maximum atomic E-state index is 12.6. The number of nitrogens with one attached hydrogen (secondary N) is 2. The molecule has 1 atom stereocenters. The van der Waals surface area contributed by atoms with Gasteiger partial charge in [-0.25, -0.2) is 13.1 Å². The summed E-state index contributed by atoms with van der Waals surface area (Å²) in [5.41, 5.74) is 1.53. The third-order valence-corrected chi connectivity index (χ3v) is 8.44. The van der Waals surface area contributed by atoms with Crippen molar-refractivity contribution in [3.8, 4) is 11.5 Å². The fourth-order valence-corrected chi connectivity index (χ4v) is 6.01. The number of rotatable bonds is 8. The second-order valence-electron chi connectivity index (χ2n) is 7.59. The smallest absolute Gasteiger partial charge is 0.240 e. The van der Waals surface area contributed by atoms with Crippen LogP contribution >= 0.6 is 10.8 Å². The second kappa shape index (κ2) is 9.54. The summed E-state index contributed by atoms with van der Waals surface area (Å²) < 4.78 is 55.6. The molecule has 0 bridgehead atoms. The molecule has 1 saturated heterocycles. The van der Waals surface area contributed by atoms with Crippen LogP contribution in [0, 0.1) is 0 Å². The SMILES string of the molecule is O=C1CC(c2ccc(CCNS(=O)(=O)c3ccc(Oc4ccccc4)cc3)cc2)S(O)(O)N1. The first-order valence-corrected chi connectivity index (χ1v) is 13.3. The molecule has 174 valence electrons. The largest absolute Gasteiger partial charge is 0.457 e. The zero-order valence-corrected chi connectivity index (χ0v) is 19.2. The molecule has 3 aromatic carbocycles. The van der Waals surface area contributed by atoms with Gasteiger partial charge in [0, 0.05) is 6.54 Å². The van der Waals surface area contributed by atoms with Crippen LogP contribution in [0.1, 0.15) is 22.8 Å². The fourth-order valence-electron chi connectivity index (χ4n) is 3.50. The van der Waals surface area contributed by atoms with Crippen LogP contribution in [0.3, 0.4) is 0 Å². The second-order valence-corrected chi connectivity index (χ2v) is 11.3. The van der Waals surface area contributed by atoms with Crippen LogP contribution in [0.5, 0.6) is 11.5 Å². The topological polar surface area (TPSA) is 125 Å². The average Bonchev–Trinajstić information content (AvgIpc) is 3.07. The lowest BCUT2D eigenvalue weighted by atomic mass is 10.1. The van der Waals surface area contributed by atoms with Crippen molar-refractivity contribution in [1.29, 1.82) is 0 Å². The standard InChI is InChI=1S/C23H24N2O6S2/c26-23-16-22(33(29,30)25-23)18-8-6-17(7-9-18)14-15-24-32(27,28)21-12-10-20(11-13-21)31-19-4-2-1-3-5-19/h1-13,22,24,29-30H,14-16H2,(H,25,26). The molecule has 1 fully saturated rings. The van der Waals surface area contributed by atoms with Crippen molar-refractivity contribution >= 4 is 26.7 Å². The van der Waals surface area contributed by atoms with Gasteiger partial charge in [0.15, 0.2) is 0 Å². The maximum Gasteiger partial charge on any atom is 0.240 e. The number of ether oxygens (including phenoxy) is 1. The van der Waals surface area contributed by atoms with E-state index in [9.17, 15) is 22.3 Å². The Morgan fingerprint density at radius 1 is 0.939 bits per heavy atom. The third kappa shape index (κ3) is 5.73. The highest BCUT2D eigenvalue weighted by molar-refractivity contribution is 8.23. The number of carbonyl (C=O) groups is 1. The molecule has 4 rings (SSSR count). The van der Waals surface area contributed by atoms with Crippen molar-refractivity contribution in [3.63, 3.8) is 0 Å². The molecule has 1 unspecified atom stereocenters. The number of sulfonamides is 1. The Hall–Kier alpha value is -2.89. The summed E-state index contributed by atoms with van der Waals surface area (Å²) in [6, 6.07) is 22.4. The Labute approximate surface area is 194 Å². The van der Waals surface area contributed by atoms with Crippen LogP contribution in [0.25, 0.3) is 0 Å². The normalized spacial score (nSPS) is 18.5. The quantitative estimate of drug-likeness (QED) is 0.376. The summed E-state index contributed by atoms with van der Waals surface area (Å²) in [6.45, 7) is 0.197. The molecule has 0 aliphatic carbocycles. The van der Waals surface area contributed by atoms with E-state index in [1.54, 1.807) is 36.4 Å². The van der Waals surface area contributed by atoms with Gasteiger partial charge in [-0.2, -0.15) is 0 Å². The van der Waals surface area contributed by atoms with Crippen molar-refractivity contribution in [2.45, 2.75) is 23.0 Å². The minimum Gasteiger partial charge on any atom is -0.457 e. The van der Waals surface area contributed by atoms with Gasteiger partial charge in [0.1, 0.15) is 16.7 Å². The molecule has 0 aromatic heterocycles. The zero-order chi connectivity index (χ0) is 23.5. The lowest BCUT2D eigenvalue weighted by molar-refractivity contribution is -0.118. The van der Waals surface area contributed by atoms with E-state index in [2.05, 4.69) is 9.44 Å². The van der Waals surface area contributed by atoms with E-state index >= 15 is 0 Å². The molecular weight excluding hydrogens is 464 g/mol. The zero-order valence-electron chi connectivity index (χ0n) is 17.5. The lowest BCUT2D eigenvalue weighted by Gasteiger charge is -2.32. The Bertz CT molecular complexity index is 1210. The van der Waals surface area contributed by atoms with E-state index < -0.39 is 32.0 Å². The van der Waals surface area contributed by atoms with Crippen LogP contribution in [0.4, 0.5) is 0 Å². The number of hydrogen-bond donors (Lipinski definition) is 4. The summed E-state index contributed by atoms with van der Waals surface area (Å²) in [5, 5.41) is -0.675. The van der Waals surface area contributed by atoms with Crippen LogP contribution in [-0.2, 0) is 21.2 Å². The molecule has 8 nitrogen and oxygen atoms in total. The van der Waals surface area contributed by atoms with Gasteiger partial charge in [-0.3, -0.25) is 18.6 Å². The molecule has 10 heteroatoms. The average molecular weight is 489 g/mol. The minimum atomic E-state index is -3.68.